The third-order valence-corrected chi connectivity index (χ3v) is 9.93. The van der Waals surface area contributed by atoms with E-state index in [0.717, 1.165) is 11.6 Å². The van der Waals surface area contributed by atoms with E-state index in [4.69, 9.17) is 5.73 Å². The average molecular weight is 644 g/mol. The summed E-state index contributed by atoms with van der Waals surface area (Å²) in [5.74, 6) is -9.15. The Morgan fingerprint density at radius 1 is 1.07 bits per heavy atom. The summed E-state index contributed by atoms with van der Waals surface area (Å²) >= 11 is 0. The van der Waals surface area contributed by atoms with Crippen molar-refractivity contribution in [3.05, 3.63) is 86.9 Å². The van der Waals surface area contributed by atoms with E-state index in [9.17, 15) is 48.0 Å². The van der Waals surface area contributed by atoms with Crippen molar-refractivity contribution in [2.45, 2.75) is 56.6 Å². The minimum absolute atomic E-state index is 0.251. The van der Waals surface area contributed by atoms with Gasteiger partial charge in [0.1, 0.15) is 22.8 Å². The van der Waals surface area contributed by atoms with Crippen LogP contribution in [0.25, 0.3) is 0 Å². The molecule has 46 heavy (non-hydrogen) atoms. The number of benzene rings is 2. The molecule has 5 rings (SSSR count). The number of likely N-dealkylation sites (N-methyl/N-ethyl adjacent to an activating group) is 1. The Bertz CT molecular complexity index is 1710. The molecule has 0 radical (unpaired) electrons. The van der Waals surface area contributed by atoms with E-state index in [1.807, 2.05) is 44.2 Å². The van der Waals surface area contributed by atoms with E-state index < -0.39 is 104 Å². The molecule has 0 aromatic heterocycles. The zero-order valence-electron chi connectivity index (χ0n) is 25.9. The number of carbonyl (C=O) groups is 3. The molecule has 0 saturated carbocycles. The second-order valence-electron chi connectivity index (χ2n) is 13.0. The van der Waals surface area contributed by atoms with Crippen molar-refractivity contribution in [3.8, 4) is 5.75 Å². The smallest absolute Gasteiger partial charge is 0.417 e. The van der Waals surface area contributed by atoms with Crippen LogP contribution in [0.4, 0.5) is 13.2 Å². The molecule has 2 aromatic carbocycles. The molecule has 4 atom stereocenters. The molecule has 0 unspecified atom stereocenters. The van der Waals surface area contributed by atoms with E-state index in [0.29, 0.717) is 0 Å². The van der Waals surface area contributed by atoms with Crippen LogP contribution in [0.2, 0.25) is 0 Å². The number of alkyl halides is 3. The normalized spacial score (nSPS) is 25.2. The Morgan fingerprint density at radius 2 is 1.67 bits per heavy atom. The quantitative estimate of drug-likeness (QED) is 0.296. The van der Waals surface area contributed by atoms with E-state index in [2.05, 4.69) is 0 Å². The molecule has 1 amide bonds. The van der Waals surface area contributed by atoms with Gasteiger partial charge in [-0.15, -0.1) is 0 Å². The molecule has 6 N–H and O–H groups in total. The molecule has 246 valence electrons. The van der Waals surface area contributed by atoms with Crippen LogP contribution in [0.3, 0.4) is 0 Å². The van der Waals surface area contributed by atoms with E-state index in [1.165, 1.54) is 19.0 Å². The number of phenolic OH excluding ortho intramolecular Hbond substituents is 1. The van der Waals surface area contributed by atoms with Gasteiger partial charge in [0.05, 0.1) is 17.2 Å². The van der Waals surface area contributed by atoms with Crippen LogP contribution < -0.4 is 5.73 Å². The number of Topliss-reactive ketones (excluding diaryl/α,β-unsaturated/α-hetero) is 2. The number of hydrogen-bond acceptors (Lipinski definition) is 9. The Hall–Kier alpha value is -4.20. The lowest BCUT2D eigenvalue weighted by molar-refractivity contribution is -0.148. The number of aliphatic hydroxyl groups is 3. The van der Waals surface area contributed by atoms with Crippen LogP contribution in [-0.2, 0) is 34.3 Å². The Labute approximate surface area is 263 Å². The highest BCUT2D eigenvalue weighted by Crippen LogP contribution is 2.54. The van der Waals surface area contributed by atoms with Crippen molar-refractivity contribution in [2.24, 2.45) is 17.6 Å². The van der Waals surface area contributed by atoms with Gasteiger partial charge in [-0.05, 0) is 76.5 Å². The maximum Gasteiger partial charge on any atom is 0.417 e. The first kappa shape index (κ1) is 33.2. The molecule has 0 spiro atoms. The van der Waals surface area contributed by atoms with Crippen LogP contribution >= 0.6 is 0 Å². The van der Waals surface area contributed by atoms with Gasteiger partial charge in [0, 0.05) is 23.6 Å². The predicted octanol–water partition coefficient (Wildman–Crippen LogP) is 3.51. The van der Waals surface area contributed by atoms with Gasteiger partial charge < -0.3 is 26.2 Å². The topological polar surface area (TPSA) is 165 Å². The zero-order valence-corrected chi connectivity index (χ0v) is 25.9. The average Bonchev–Trinajstić information content (AvgIpc) is 2.94. The van der Waals surface area contributed by atoms with Crippen molar-refractivity contribution in [3.63, 3.8) is 0 Å². The number of allylic oxidation sites excluding steroid dienone is 1. The standard InChI is InChI=1S/C33H36F3N3O7/c1-31(2,17-9-7-6-8-10-17)39(5)14-16-13-20(40)22-18(24(16)33(34,35)36)11-15-12-19-25(38(3)4)27(42)23(30(37)45)29(44)32(19,46)28(43)21(15)26(22)41/h6-10,13,15,19,25,40,42-43,46H,11-12,14H2,1-5H3,(H2,37,45)/t15-,19-,25-,32-/m0/s1. The summed E-state index contributed by atoms with van der Waals surface area (Å²) < 4.78 is 44.8. The maximum atomic E-state index is 14.9. The molecular weight excluding hydrogens is 607 g/mol. The van der Waals surface area contributed by atoms with E-state index in [-0.39, 0.29) is 18.5 Å². The van der Waals surface area contributed by atoms with Crippen LogP contribution in [0.5, 0.6) is 5.75 Å². The molecule has 0 fully saturated rings. The van der Waals surface area contributed by atoms with Gasteiger partial charge in [-0.3, -0.25) is 24.2 Å². The Kier molecular flexibility index (Phi) is 7.90. The largest absolute Gasteiger partial charge is 0.510 e. The van der Waals surface area contributed by atoms with Crippen LogP contribution in [-0.4, -0.2) is 80.5 Å². The fourth-order valence-corrected chi connectivity index (χ4v) is 7.39. The van der Waals surface area contributed by atoms with Crippen LogP contribution in [0.15, 0.2) is 59.1 Å². The molecule has 0 saturated heterocycles. The van der Waals surface area contributed by atoms with Gasteiger partial charge in [-0.2, -0.15) is 13.2 Å². The number of nitrogens with zero attached hydrogens (tertiary/aromatic N) is 2. The summed E-state index contributed by atoms with van der Waals surface area (Å²) in [5.41, 5.74) is -1.46. The van der Waals surface area contributed by atoms with E-state index in [1.54, 1.807) is 11.9 Å². The summed E-state index contributed by atoms with van der Waals surface area (Å²) in [6.07, 6.45) is -5.75. The molecule has 2 aromatic rings. The lowest BCUT2D eigenvalue weighted by Crippen LogP contribution is -2.63. The second-order valence-corrected chi connectivity index (χ2v) is 13.0. The number of amides is 1. The second kappa shape index (κ2) is 11.0. The molecule has 0 aliphatic heterocycles. The number of halogens is 3. The molecule has 0 heterocycles. The van der Waals surface area contributed by atoms with Gasteiger partial charge in [0.15, 0.2) is 11.4 Å². The summed E-state index contributed by atoms with van der Waals surface area (Å²) in [5, 5.41) is 45.1. The highest BCUT2D eigenvalue weighted by molar-refractivity contribution is 6.24. The first-order chi connectivity index (χ1) is 21.3. The predicted molar refractivity (Wildman–Crippen MR) is 160 cm³/mol. The minimum atomic E-state index is -4.95. The number of nitrogens with two attached hydrogens (primary N) is 1. The van der Waals surface area contributed by atoms with Crippen molar-refractivity contribution < 1.29 is 48.0 Å². The molecule has 0 bridgehead atoms. The number of hydrogen-bond donors (Lipinski definition) is 5. The van der Waals surface area contributed by atoms with Gasteiger partial charge in [0.2, 0.25) is 5.78 Å². The fourth-order valence-electron chi connectivity index (χ4n) is 7.39. The summed E-state index contributed by atoms with van der Waals surface area (Å²) in [7, 11) is 4.58. The first-order valence-electron chi connectivity index (χ1n) is 14.6. The zero-order chi connectivity index (χ0) is 34.3. The highest BCUT2D eigenvalue weighted by Gasteiger charge is 2.63. The number of aromatic hydroxyl groups is 1. The van der Waals surface area contributed by atoms with Crippen molar-refractivity contribution >= 4 is 17.5 Å². The lowest BCUT2D eigenvalue weighted by atomic mass is 9.58. The van der Waals surface area contributed by atoms with Crippen molar-refractivity contribution in [1.82, 2.24) is 9.80 Å². The first-order valence-corrected chi connectivity index (χ1v) is 14.6. The van der Waals surface area contributed by atoms with Crippen molar-refractivity contribution in [2.75, 3.05) is 21.1 Å². The number of aliphatic hydroxyl groups excluding tert-OH is 2. The van der Waals surface area contributed by atoms with Gasteiger partial charge in [0.25, 0.3) is 5.91 Å². The molecule has 3 aliphatic rings. The lowest BCUT2D eigenvalue weighted by Gasteiger charge is -2.50. The molecule has 10 nitrogen and oxygen atoms in total. The third kappa shape index (κ3) is 4.79. The van der Waals surface area contributed by atoms with Crippen LogP contribution in [0.1, 0.15) is 52.9 Å². The van der Waals surface area contributed by atoms with Gasteiger partial charge in [-0.25, -0.2) is 0 Å². The maximum absolute atomic E-state index is 14.9. The van der Waals surface area contributed by atoms with Gasteiger partial charge >= 0.3 is 6.18 Å². The Morgan fingerprint density at radius 3 is 2.22 bits per heavy atom. The number of ketones is 2. The molecular formula is C33H36F3N3O7. The van der Waals surface area contributed by atoms with Gasteiger partial charge in [-0.1, -0.05) is 30.3 Å². The third-order valence-electron chi connectivity index (χ3n) is 9.93. The van der Waals surface area contributed by atoms with E-state index >= 15 is 0 Å². The Balaban J connectivity index is 1.67. The SMILES string of the molecule is CN(C)[C@@H]1C(O)=C(C(N)=O)C(=O)[C@@]2(O)C(O)=C3C(=O)c4c(O)cc(CN(C)C(C)(C)c5ccccc5)c(C(F)(F)F)c4C[C@H]3C[C@@H]12. The number of rotatable bonds is 6. The number of primary amides is 1. The number of carbonyl (C=O) groups excluding carboxylic acids is 3. The number of fused-ring (bicyclic) bond motifs is 3. The molecule has 3 aliphatic carbocycles. The monoisotopic (exact) mass is 643 g/mol. The highest BCUT2D eigenvalue weighted by atomic mass is 19.4. The summed E-state index contributed by atoms with van der Waals surface area (Å²) in [4.78, 5) is 42.6. The van der Waals surface area contributed by atoms with Crippen molar-refractivity contribution in [1.29, 1.82) is 0 Å². The van der Waals surface area contributed by atoms with Crippen LogP contribution in [0, 0.1) is 11.8 Å². The number of phenols is 1. The summed E-state index contributed by atoms with van der Waals surface area (Å²) in [6.45, 7) is 3.44. The summed E-state index contributed by atoms with van der Waals surface area (Å²) in [6, 6.07) is 8.79. The molecule has 13 heteroatoms. The minimum Gasteiger partial charge on any atom is -0.510 e. The fraction of sp³-hybridized carbons (Fsp3) is 0.424.